The molecule has 0 aromatic carbocycles. The van der Waals surface area contributed by atoms with Crippen molar-refractivity contribution in [2.24, 2.45) is 0 Å². The highest BCUT2D eigenvalue weighted by Crippen LogP contribution is 2.12. The van der Waals surface area contributed by atoms with Crippen LogP contribution in [0.1, 0.15) is 33.6 Å². The van der Waals surface area contributed by atoms with Gasteiger partial charge in [0.2, 0.25) is 0 Å². The molecule has 1 aliphatic rings. The summed E-state index contributed by atoms with van der Waals surface area (Å²) in [5, 5.41) is 5.41. The molecule has 3 amide bonds. The maximum absolute atomic E-state index is 11.8. The number of hydrogen-bond donors (Lipinski definition) is 2. The zero-order chi connectivity index (χ0) is 15.2. The topological polar surface area (TPSA) is 70.7 Å². The number of nitrogens with zero attached hydrogens (tertiary/aromatic N) is 1. The number of ether oxygens (including phenoxy) is 1. The second-order valence-electron chi connectivity index (χ2n) is 5.79. The second kappa shape index (κ2) is 7.04. The Hall–Kier alpha value is -1.90. The molecule has 1 saturated heterocycles. The van der Waals surface area contributed by atoms with Gasteiger partial charge in [0, 0.05) is 19.1 Å². The monoisotopic (exact) mass is 281 g/mol. The van der Waals surface area contributed by atoms with Crippen molar-refractivity contribution < 1.29 is 14.3 Å². The number of hydrogen-bond acceptors (Lipinski definition) is 3. The van der Waals surface area contributed by atoms with Crippen molar-refractivity contribution in [1.82, 2.24) is 15.5 Å². The molecule has 0 spiro atoms. The fraction of sp³-hybridized carbons (Fsp3) is 0.714. The van der Waals surface area contributed by atoms with Crippen molar-refractivity contribution in [1.29, 1.82) is 0 Å². The van der Waals surface area contributed by atoms with E-state index in [2.05, 4.69) is 16.6 Å². The fourth-order valence-corrected chi connectivity index (χ4v) is 1.99. The van der Waals surface area contributed by atoms with Gasteiger partial charge in [-0.1, -0.05) is 5.92 Å². The summed E-state index contributed by atoms with van der Waals surface area (Å²) < 4.78 is 5.21. The molecular formula is C14H23N3O3. The van der Waals surface area contributed by atoms with Gasteiger partial charge in [0.05, 0.1) is 6.54 Å². The van der Waals surface area contributed by atoms with Crippen LogP contribution in [-0.2, 0) is 4.74 Å². The lowest BCUT2D eigenvalue weighted by Crippen LogP contribution is -2.52. The normalized spacial score (nSPS) is 18.9. The maximum Gasteiger partial charge on any atom is 0.407 e. The molecule has 1 unspecified atom stereocenters. The van der Waals surface area contributed by atoms with Gasteiger partial charge in [0.1, 0.15) is 5.60 Å². The molecule has 2 N–H and O–H groups in total. The summed E-state index contributed by atoms with van der Waals surface area (Å²) in [5.74, 6) is 2.36. The van der Waals surface area contributed by atoms with Gasteiger partial charge in [-0.2, -0.15) is 0 Å². The molecular weight excluding hydrogens is 258 g/mol. The largest absolute Gasteiger partial charge is 0.444 e. The molecule has 0 aromatic heterocycles. The summed E-state index contributed by atoms with van der Waals surface area (Å²) in [6.07, 6.45) is 6.32. The Morgan fingerprint density at radius 1 is 1.45 bits per heavy atom. The van der Waals surface area contributed by atoms with Gasteiger partial charge < -0.3 is 20.3 Å². The van der Waals surface area contributed by atoms with Crippen LogP contribution in [0, 0.1) is 12.3 Å². The lowest BCUT2D eigenvalue weighted by molar-refractivity contribution is 0.0479. The molecule has 1 fully saturated rings. The molecule has 1 atom stereocenters. The molecule has 1 rings (SSSR count). The Balaban J connectivity index is 2.43. The Labute approximate surface area is 120 Å². The van der Waals surface area contributed by atoms with Gasteiger partial charge in [-0.25, -0.2) is 9.59 Å². The standard InChI is InChI=1S/C14H23N3O3/c1-5-8-15-12(18)17-9-6-7-11(10-17)16-13(19)20-14(2,3)4/h1,11H,6-10H2,2-4H3,(H,15,18)(H,16,19). The van der Waals surface area contributed by atoms with E-state index in [1.54, 1.807) is 4.90 Å². The summed E-state index contributed by atoms with van der Waals surface area (Å²) in [5.41, 5.74) is -0.525. The Morgan fingerprint density at radius 2 is 2.15 bits per heavy atom. The van der Waals surface area contributed by atoms with Crippen LogP contribution in [0.3, 0.4) is 0 Å². The number of urea groups is 1. The van der Waals surface area contributed by atoms with Gasteiger partial charge >= 0.3 is 12.1 Å². The number of carbonyl (C=O) groups excluding carboxylic acids is 2. The van der Waals surface area contributed by atoms with Crippen LogP contribution >= 0.6 is 0 Å². The van der Waals surface area contributed by atoms with E-state index in [0.717, 1.165) is 12.8 Å². The van der Waals surface area contributed by atoms with Crippen LogP contribution < -0.4 is 10.6 Å². The summed E-state index contributed by atoms with van der Waals surface area (Å²) in [6, 6.07) is -0.283. The van der Waals surface area contributed by atoms with E-state index in [9.17, 15) is 9.59 Å². The van der Waals surface area contributed by atoms with Gasteiger partial charge in [-0.3, -0.25) is 0 Å². The van der Waals surface area contributed by atoms with Gasteiger partial charge in [0.25, 0.3) is 0 Å². The first-order valence-corrected chi connectivity index (χ1v) is 6.77. The van der Waals surface area contributed by atoms with Crippen molar-refractivity contribution in [3.8, 4) is 12.3 Å². The van der Waals surface area contributed by atoms with Crippen LogP contribution in [0.4, 0.5) is 9.59 Å². The number of rotatable bonds is 2. The Bertz CT molecular complexity index is 395. The number of terminal acetylenes is 1. The molecule has 6 heteroatoms. The van der Waals surface area contributed by atoms with Crippen molar-refractivity contribution in [2.75, 3.05) is 19.6 Å². The van der Waals surface area contributed by atoms with Gasteiger partial charge in [-0.15, -0.1) is 6.42 Å². The predicted octanol–water partition coefficient (Wildman–Crippen LogP) is 1.32. The predicted molar refractivity (Wildman–Crippen MR) is 76.2 cm³/mol. The number of amides is 3. The number of carbonyl (C=O) groups is 2. The third-order valence-corrected chi connectivity index (χ3v) is 2.77. The van der Waals surface area contributed by atoms with Crippen molar-refractivity contribution >= 4 is 12.1 Å². The minimum Gasteiger partial charge on any atom is -0.444 e. The van der Waals surface area contributed by atoms with E-state index >= 15 is 0 Å². The fourth-order valence-electron chi connectivity index (χ4n) is 1.99. The van der Waals surface area contributed by atoms with Crippen LogP contribution in [0.25, 0.3) is 0 Å². The van der Waals surface area contributed by atoms with Crippen LogP contribution in [0.5, 0.6) is 0 Å². The van der Waals surface area contributed by atoms with Gasteiger partial charge in [-0.05, 0) is 33.6 Å². The number of nitrogens with one attached hydrogen (secondary N) is 2. The highest BCUT2D eigenvalue weighted by molar-refractivity contribution is 5.75. The molecule has 0 saturated carbocycles. The minimum atomic E-state index is -0.525. The van der Waals surface area contributed by atoms with Crippen LogP contribution in [-0.4, -0.2) is 48.3 Å². The lowest BCUT2D eigenvalue weighted by Gasteiger charge is -2.33. The SMILES string of the molecule is C#CCNC(=O)N1CCCC(NC(=O)OC(C)(C)C)C1. The Kier molecular flexibility index (Phi) is 5.68. The molecule has 20 heavy (non-hydrogen) atoms. The number of piperidine rings is 1. The lowest BCUT2D eigenvalue weighted by atomic mass is 10.1. The summed E-state index contributed by atoms with van der Waals surface area (Å²) >= 11 is 0. The highest BCUT2D eigenvalue weighted by Gasteiger charge is 2.26. The van der Waals surface area contributed by atoms with Crippen LogP contribution in [0.15, 0.2) is 0 Å². The second-order valence-corrected chi connectivity index (χ2v) is 5.79. The molecule has 1 aliphatic heterocycles. The van der Waals surface area contributed by atoms with Crippen LogP contribution in [0.2, 0.25) is 0 Å². The van der Waals surface area contributed by atoms with Gasteiger partial charge in [0.15, 0.2) is 0 Å². The quantitative estimate of drug-likeness (QED) is 0.750. The molecule has 112 valence electrons. The average molecular weight is 281 g/mol. The molecule has 0 radical (unpaired) electrons. The molecule has 0 aliphatic carbocycles. The summed E-state index contributed by atoms with van der Waals surface area (Å²) in [6.45, 7) is 6.78. The van der Waals surface area contributed by atoms with E-state index in [-0.39, 0.29) is 18.6 Å². The van der Waals surface area contributed by atoms with E-state index in [1.165, 1.54) is 0 Å². The number of alkyl carbamates (subject to hydrolysis) is 1. The van der Waals surface area contributed by atoms with Crippen molar-refractivity contribution in [2.45, 2.75) is 45.3 Å². The molecule has 6 nitrogen and oxygen atoms in total. The van der Waals surface area contributed by atoms with Crippen molar-refractivity contribution in [3.05, 3.63) is 0 Å². The van der Waals surface area contributed by atoms with E-state index < -0.39 is 11.7 Å². The third kappa shape index (κ3) is 5.83. The zero-order valence-electron chi connectivity index (χ0n) is 12.4. The summed E-state index contributed by atoms with van der Waals surface area (Å²) in [4.78, 5) is 25.1. The molecule has 0 aromatic rings. The van der Waals surface area contributed by atoms with E-state index in [0.29, 0.717) is 13.1 Å². The molecule has 1 heterocycles. The maximum atomic E-state index is 11.8. The zero-order valence-corrected chi connectivity index (χ0v) is 12.4. The third-order valence-electron chi connectivity index (χ3n) is 2.77. The first-order chi connectivity index (χ1) is 9.31. The van der Waals surface area contributed by atoms with E-state index in [1.807, 2.05) is 20.8 Å². The summed E-state index contributed by atoms with van der Waals surface area (Å²) in [7, 11) is 0. The average Bonchev–Trinajstić information content (AvgIpc) is 2.33. The smallest absolute Gasteiger partial charge is 0.407 e. The first kappa shape index (κ1) is 16.2. The van der Waals surface area contributed by atoms with E-state index in [4.69, 9.17) is 11.2 Å². The number of likely N-dealkylation sites (tertiary alicyclic amines) is 1. The first-order valence-electron chi connectivity index (χ1n) is 6.77. The highest BCUT2D eigenvalue weighted by atomic mass is 16.6. The minimum absolute atomic E-state index is 0.0878. The Morgan fingerprint density at radius 3 is 2.75 bits per heavy atom. The molecule has 0 bridgehead atoms. The van der Waals surface area contributed by atoms with Crippen molar-refractivity contribution in [3.63, 3.8) is 0 Å².